The van der Waals surface area contributed by atoms with Gasteiger partial charge in [0, 0.05) is 19.1 Å². The molecule has 0 radical (unpaired) electrons. The van der Waals surface area contributed by atoms with E-state index in [9.17, 15) is 14.0 Å². The lowest BCUT2D eigenvalue weighted by atomic mass is 9.99. The maximum atomic E-state index is 12.9. The highest BCUT2D eigenvalue weighted by molar-refractivity contribution is 5.86. The number of nitrogens with one attached hydrogen (secondary N) is 1. The van der Waals surface area contributed by atoms with Gasteiger partial charge in [-0.25, -0.2) is 9.18 Å². The quantitative estimate of drug-likeness (QED) is 0.838. The molecule has 0 aromatic heterocycles. The first-order valence-electron chi connectivity index (χ1n) is 10.3. The number of hydrogen-bond acceptors (Lipinski definition) is 4. The van der Waals surface area contributed by atoms with E-state index in [1.165, 1.54) is 56.6 Å². The van der Waals surface area contributed by atoms with E-state index < -0.39 is 18.0 Å². The van der Waals surface area contributed by atoms with Gasteiger partial charge in [-0.2, -0.15) is 0 Å². The standard InChI is InChI=1S/C21H30FN3O3/c1-2-19(23-21(27)28-18-8-6-16(22)7-9-18)20(26)25-14-10-17(11-15-25)24-12-4-3-5-13-24/h6-9,17,19H,2-5,10-15H2,1H3,(H,23,27)/t19-/m0/s1. The van der Waals surface area contributed by atoms with E-state index in [2.05, 4.69) is 10.2 Å². The number of piperidine rings is 2. The highest BCUT2D eigenvalue weighted by Crippen LogP contribution is 2.21. The van der Waals surface area contributed by atoms with Crippen LogP contribution in [-0.4, -0.2) is 60.1 Å². The van der Waals surface area contributed by atoms with Crippen LogP contribution in [0.4, 0.5) is 9.18 Å². The van der Waals surface area contributed by atoms with Crippen molar-refractivity contribution in [3.8, 4) is 5.75 Å². The van der Waals surface area contributed by atoms with Crippen molar-refractivity contribution in [3.05, 3.63) is 30.1 Å². The van der Waals surface area contributed by atoms with Crippen LogP contribution < -0.4 is 10.1 Å². The summed E-state index contributed by atoms with van der Waals surface area (Å²) in [7, 11) is 0. The summed E-state index contributed by atoms with van der Waals surface area (Å²) < 4.78 is 18.1. The highest BCUT2D eigenvalue weighted by Gasteiger charge is 2.31. The van der Waals surface area contributed by atoms with Crippen molar-refractivity contribution in [2.45, 2.75) is 57.5 Å². The maximum absolute atomic E-state index is 12.9. The molecule has 154 valence electrons. The number of carbonyl (C=O) groups excluding carboxylic acids is 2. The second kappa shape index (κ2) is 9.87. The zero-order valence-electron chi connectivity index (χ0n) is 16.5. The number of benzene rings is 1. The SMILES string of the molecule is CC[C@H](NC(=O)Oc1ccc(F)cc1)C(=O)N1CCC(N2CCCCC2)CC1. The Kier molecular flexibility index (Phi) is 7.25. The minimum Gasteiger partial charge on any atom is -0.410 e. The topological polar surface area (TPSA) is 61.9 Å². The summed E-state index contributed by atoms with van der Waals surface area (Å²) in [5.74, 6) is -0.221. The van der Waals surface area contributed by atoms with Crippen LogP contribution >= 0.6 is 0 Å². The van der Waals surface area contributed by atoms with Crippen molar-refractivity contribution >= 4 is 12.0 Å². The summed E-state index contributed by atoms with van der Waals surface area (Å²) in [6.45, 7) is 5.66. The van der Waals surface area contributed by atoms with E-state index in [1.807, 2.05) is 11.8 Å². The number of nitrogens with zero attached hydrogens (tertiary/aromatic N) is 2. The average molecular weight is 391 g/mol. The van der Waals surface area contributed by atoms with Crippen LogP contribution in [0, 0.1) is 5.82 Å². The Balaban J connectivity index is 1.47. The van der Waals surface area contributed by atoms with Gasteiger partial charge in [-0.15, -0.1) is 0 Å². The molecule has 7 heteroatoms. The molecule has 3 rings (SSSR count). The first-order chi connectivity index (χ1) is 13.6. The maximum Gasteiger partial charge on any atom is 0.413 e. The number of likely N-dealkylation sites (tertiary alicyclic amines) is 2. The van der Waals surface area contributed by atoms with Crippen LogP contribution in [0.2, 0.25) is 0 Å². The van der Waals surface area contributed by atoms with Gasteiger partial charge in [0.2, 0.25) is 5.91 Å². The van der Waals surface area contributed by atoms with E-state index in [0.717, 1.165) is 25.9 Å². The van der Waals surface area contributed by atoms with Gasteiger partial charge in [-0.1, -0.05) is 13.3 Å². The minimum absolute atomic E-state index is 0.0596. The van der Waals surface area contributed by atoms with Crippen LogP contribution in [0.3, 0.4) is 0 Å². The Morgan fingerprint density at radius 3 is 2.36 bits per heavy atom. The lowest BCUT2D eigenvalue weighted by Crippen LogP contribution is -2.53. The van der Waals surface area contributed by atoms with E-state index in [0.29, 0.717) is 12.5 Å². The third-order valence-electron chi connectivity index (χ3n) is 5.71. The first kappa shape index (κ1) is 20.6. The molecule has 2 heterocycles. The molecule has 1 atom stereocenters. The molecule has 0 unspecified atom stereocenters. The monoisotopic (exact) mass is 391 g/mol. The highest BCUT2D eigenvalue weighted by atomic mass is 19.1. The molecule has 2 saturated heterocycles. The second-order valence-electron chi connectivity index (χ2n) is 7.60. The fourth-order valence-electron chi connectivity index (χ4n) is 4.08. The van der Waals surface area contributed by atoms with Gasteiger partial charge < -0.3 is 19.9 Å². The van der Waals surface area contributed by atoms with Gasteiger partial charge in [0.1, 0.15) is 17.6 Å². The molecule has 2 aliphatic rings. The zero-order chi connectivity index (χ0) is 19.9. The predicted octanol–water partition coefficient (Wildman–Crippen LogP) is 3.17. The smallest absolute Gasteiger partial charge is 0.410 e. The Morgan fingerprint density at radius 1 is 1.11 bits per heavy atom. The Morgan fingerprint density at radius 2 is 1.75 bits per heavy atom. The summed E-state index contributed by atoms with van der Waals surface area (Å²) in [6.07, 6.45) is 5.64. The Bertz CT molecular complexity index is 653. The third-order valence-corrected chi connectivity index (χ3v) is 5.71. The van der Waals surface area contributed by atoms with Gasteiger partial charge in [-0.05, 0) is 69.5 Å². The molecule has 28 heavy (non-hydrogen) atoms. The molecule has 2 aliphatic heterocycles. The van der Waals surface area contributed by atoms with Crippen molar-refractivity contribution in [2.24, 2.45) is 0 Å². The molecule has 2 amide bonds. The zero-order valence-corrected chi connectivity index (χ0v) is 16.5. The average Bonchev–Trinajstić information content (AvgIpc) is 2.74. The van der Waals surface area contributed by atoms with Crippen LogP contribution in [0.25, 0.3) is 0 Å². The molecule has 0 aliphatic carbocycles. The number of hydrogen-bond donors (Lipinski definition) is 1. The number of ether oxygens (including phenoxy) is 1. The lowest BCUT2D eigenvalue weighted by Gasteiger charge is -2.40. The fourth-order valence-corrected chi connectivity index (χ4v) is 4.08. The molecular formula is C21H30FN3O3. The molecule has 6 nitrogen and oxygen atoms in total. The van der Waals surface area contributed by atoms with Crippen molar-refractivity contribution in [3.63, 3.8) is 0 Å². The number of rotatable bonds is 5. The van der Waals surface area contributed by atoms with Crippen LogP contribution in [-0.2, 0) is 4.79 Å². The van der Waals surface area contributed by atoms with Crippen molar-refractivity contribution in [2.75, 3.05) is 26.2 Å². The lowest BCUT2D eigenvalue weighted by molar-refractivity contribution is -0.135. The predicted molar refractivity (Wildman–Crippen MR) is 105 cm³/mol. The Labute approximate surface area is 166 Å². The van der Waals surface area contributed by atoms with E-state index >= 15 is 0 Å². The van der Waals surface area contributed by atoms with Crippen molar-refractivity contribution < 1.29 is 18.7 Å². The minimum atomic E-state index is -0.699. The molecule has 0 saturated carbocycles. The molecule has 1 N–H and O–H groups in total. The normalized spacial score (nSPS) is 19.9. The number of amides is 2. The summed E-state index contributed by atoms with van der Waals surface area (Å²) in [6, 6.07) is 5.15. The first-order valence-corrected chi connectivity index (χ1v) is 10.3. The van der Waals surface area contributed by atoms with Crippen LogP contribution in [0.5, 0.6) is 5.75 Å². The van der Waals surface area contributed by atoms with Gasteiger partial charge in [0.05, 0.1) is 0 Å². The Hall–Kier alpha value is -2.15. The molecule has 2 fully saturated rings. The summed E-state index contributed by atoms with van der Waals surface area (Å²) in [5, 5.41) is 2.64. The largest absolute Gasteiger partial charge is 0.413 e. The van der Waals surface area contributed by atoms with Gasteiger partial charge in [0.15, 0.2) is 0 Å². The van der Waals surface area contributed by atoms with Crippen molar-refractivity contribution in [1.29, 1.82) is 0 Å². The number of halogens is 1. The van der Waals surface area contributed by atoms with E-state index in [1.54, 1.807) is 0 Å². The summed E-state index contributed by atoms with van der Waals surface area (Å²) >= 11 is 0. The fraction of sp³-hybridized carbons (Fsp3) is 0.619. The van der Waals surface area contributed by atoms with Crippen molar-refractivity contribution in [1.82, 2.24) is 15.1 Å². The number of carbonyl (C=O) groups is 2. The van der Waals surface area contributed by atoms with Gasteiger partial charge in [-0.3, -0.25) is 4.79 Å². The molecule has 1 aromatic carbocycles. The van der Waals surface area contributed by atoms with Crippen LogP contribution in [0.15, 0.2) is 24.3 Å². The van der Waals surface area contributed by atoms with Crippen LogP contribution in [0.1, 0.15) is 45.4 Å². The van der Waals surface area contributed by atoms with E-state index in [-0.39, 0.29) is 11.7 Å². The third kappa shape index (κ3) is 5.44. The molecule has 0 bridgehead atoms. The van der Waals surface area contributed by atoms with Gasteiger partial charge in [0.25, 0.3) is 0 Å². The molecule has 0 spiro atoms. The summed E-state index contributed by atoms with van der Waals surface area (Å²) in [5.41, 5.74) is 0. The molecule has 1 aromatic rings. The second-order valence-corrected chi connectivity index (χ2v) is 7.60. The van der Waals surface area contributed by atoms with E-state index in [4.69, 9.17) is 4.74 Å². The summed E-state index contributed by atoms with van der Waals surface area (Å²) in [4.78, 5) is 29.4. The molecular weight excluding hydrogens is 361 g/mol. The van der Waals surface area contributed by atoms with Gasteiger partial charge >= 0.3 is 6.09 Å².